The number of aromatic nitrogens is 2. The predicted octanol–water partition coefficient (Wildman–Crippen LogP) is 2.09. The molecule has 5 heteroatoms. The zero-order valence-corrected chi connectivity index (χ0v) is 11.8. The van der Waals surface area contributed by atoms with E-state index in [4.69, 9.17) is 4.42 Å². The Morgan fingerprint density at radius 1 is 1.55 bits per heavy atom. The Morgan fingerprint density at radius 2 is 2.40 bits per heavy atom. The van der Waals surface area contributed by atoms with Gasteiger partial charge in [0.05, 0.1) is 5.56 Å². The van der Waals surface area contributed by atoms with E-state index in [2.05, 4.69) is 14.9 Å². The summed E-state index contributed by atoms with van der Waals surface area (Å²) in [6, 6.07) is 1.79. The second-order valence-corrected chi connectivity index (χ2v) is 5.43. The van der Waals surface area contributed by atoms with Crippen molar-refractivity contribution in [3.8, 4) is 0 Å². The Labute approximate surface area is 118 Å². The molecule has 3 heterocycles. The SMILES string of the molecule is Cc1cc(C(=O)NCC2CCn3ccnc3C2)c(C)o1. The molecule has 3 rings (SSSR count). The van der Waals surface area contributed by atoms with E-state index in [1.807, 2.05) is 26.2 Å². The lowest BCUT2D eigenvalue weighted by Crippen LogP contribution is -2.33. The van der Waals surface area contributed by atoms with Crippen LogP contribution in [0.5, 0.6) is 0 Å². The van der Waals surface area contributed by atoms with E-state index < -0.39 is 0 Å². The zero-order chi connectivity index (χ0) is 14.1. The zero-order valence-electron chi connectivity index (χ0n) is 11.8. The summed E-state index contributed by atoms with van der Waals surface area (Å²) >= 11 is 0. The Bertz CT molecular complexity index is 627. The molecule has 0 bridgehead atoms. The minimum Gasteiger partial charge on any atom is -0.466 e. The first-order valence-electron chi connectivity index (χ1n) is 6.98. The van der Waals surface area contributed by atoms with E-state index in [0.717, 1.165) is 31.0 Å². The third-order valence-corrected chi connectivity index (χ3v) is 3.89. The molecule has 2 aromatic heterocycles. The molecule has 0 saturated carbocycles. The fraction of sp³-hybridized carbons (Fsp3) is 0.467. The predicted molar refractivity (Wildman–Crippen MR) is 74.6 cm³/mol. The Morgan fingerprint density at radius 3 is 3.15 bits per heavy atom. The summed E-state index contributed by atoms with van der Waals surface area (Å²) in [6.45, 7) is 5.35. The van der Waals surface area contributed by atoms with Crippen molar-refractivity contribution >= 4 is 5.91 Å². The van der Waals surface area contributed by atoms with Gasteiger partial charge in [0.25, 0.3) is 5.91 Å². The molecular formula is C15H19N3O2. The molecule has 1 atom stereocenters. The maximum Gasteiger partial charge on any atom is 0.254 e. The first-order valence-corrected chi connectivity index (χ1v) is 6.98. The Hall–Kier alpha value is -2.04. The largest absolute Gasteiger partial charge is 0.466 e. The number of hydrogen-bond acceptors (Lipinski definition) is 3. The summed E-state index contributed by atoms with van der Waals surface area (Å²) in [4.78, 5) is 16.5. The summed E-state index contributed by atoms with van der Waals surface area (Å²) in [5.41, 5.74) is 0.639. The molecule has 1 unspecified atom stereocenters. The molecule has 1 amide bonds. The molecule has 5 nitrogen and oxygen atoms in total. The smallest absolute Gasteiger partial charge is 0.254 e. The highest BCUT2D eigenvalue weighted by Gasteiger charge is 2.20. The van der Waals surface area contributed by atoms with Crippen LogP contribution < -0.4 is 5.32 Å². The van der Waals surface area contributed by atoms with Crippen molar-refractivity contribution in [2.75, 3.05) is 6.54 Å². The van der Waals surface area contributed by atoms with Crippen LogP contribution in [-0.2, 0) is 13.0 Å². The summed E-state index contributed by atoms with van der Waals surface area (Å²) in [5, 5.41) is 3.01. The van der Waals surface area contributed by atoms with Crippen molar-refractivity contribution < 1.29 is 9.21 Å². The Kier molecular flexibility index (Phi) is 3.34. The minimum atomic E-state index is -0.0479. The summed E-state index contributed by atoms with van der Waals surface area (Å²) in [6.07, 6.45) is 5.86. The van der Waals surface area contributed by atoms with Crippen molar-refractivity contribution in [3.63, 3.8) is 0 Å². The van der Waals surface area contributed by atoms with Gasteiger partial charge < -0.3 is 14.3 Å². The monoisotopic (exact) mass is 273 g/mol. The molecular weight excluding hydrogens is 254 g/mol. The van der Waals surface area contributed by atoms with Gasteiger partial charge >= 0.3 is 0 Å². The number of amides is 1. The number of nitrogens with one attached hydrogen (secondary N) is 1. The van der Waals surface area contributed by atoms with Gasteiger partial charge in [0, 0.05) is 31.9 Å². The third-order valence-electron chi connectivity index (χ3n) is 3.89. The van der Waals surface area contributed by atoms with Crippen LogP contribution in [0, 0.1) is 19.8 Å². The van der Waals surface area contributed by atoms with Gasteiger partial charge in [0.1, 0.15) is 17.3 Å². The highest BCUT2D eigenvalue weighted by molar-refractivity contribution is 5.95. The lowest BCUT2D eigenvalue weighted by molar-refractivity contribution is 0.0943. The lowest BCUT2D eigenvalue weighted by Gasteiger charge is -2.23. The molecule has 0 aromatic carbocycles. The first-order chi connectivity index (χ1) is 9.63. The molecule has 2 aromatic rings. The van der Waals surface area contributed by atoms with Crippen LogP contribution in [0.2, 0.25) is 0 Å². The van der Waals surface area contributed by atoms with E-state index in [1.165, 1.54) is 0 Å². The molecule has 1 aliphatic heterocycles. The number of aryl methyl sites for hydroxylation is 3. The molecule has 0 spiro atoms. The number of rotatable bonds is 3. The molecule has 20 heavy (non-hydrogen) atoms. The van der Waals surface area contributed by atoms with Crippen molar-refractivity contribution in [1.82, 2.24) is 14.9 Å². The van der Waals surface area contributed by atoms with Crippen LogP contribution in [0.15, 0.2) is 22.9 Å². The van der Waals surface area contributed by atoms with E-state index in [-0.39, 0.29) is 5.91 Å². The van der Waals surface area contributed by atoms with Crippen LogP contribution >= 0.6 is 0 Å². The van der Waals surface area contributed by atoms with E-state index in [0.29, 0.717) is 23.8 Å². The minimum absolute atomic E-state index is 0.0479. The highest BCUT2D eigenvalue weighted by Crippen LogP contribution is 2.19. The molecule has 106 valence electrons. The second-order valence-electron chi connectivity index (χ2n) is 5.43. The summed E-state index contributed by atoms with van der Waals surface area (Å²) in [5.74, 6) is 2.98. The number of carbonyl (C=O) groups is 1. The molecule has 1 N–H and O–H groups in total. The number of hydrogen-bond donors (Lipinski definition) is 1. The first kappa shape index (κ1) is 13.0. The Balaban J connectivity index is 1.58. The van der Waals surface area contributed by atoms with Gasteiger partial charge in [-0.3, -0.25) is 4.79 Å². The van der Waals surface area contributed by atoms with Crippen LogP contribution in [-0.4, -0.2) is 22.0 Å². The maximum atomic E-state index is 12.1. The van der Waals surface area contributed by atoms with Crippen molar-refractivity contribution in [2.45, 2.75) is 33.2 Å². The van der Waals surface area contributed by atoms with Gasteiger partial charge in [-0.15, -0.1) is 0 Å². The molecule has 0 radical (unpaired) electrons. The highest BCUT2D eigenvalue weighted by atomic mass is 16.3. The van der Waals surface area contributed by atoms with Crippen LogP contribution in [0.1, 0.15) is 34.1 Å². The second kappa shape index (κ2) is 5.15. The maximum absolute atomic E-state index is 12.1. The number of fused-ring (bicyclic) bond motifs is 1. The van der Waals surface area contributed by atoms with Crippen molar-refractivity contribution in [1.29, 1.82) is 0 Å². The summed E-state index contributed by atoms with van der Waals surface area (Å²) < 4.78 is 7.57. The average Bonchev–Trinajstić information content (AvgIpc) is 3.01. The fourth-order valence-corrected chi connectivity index (χ4v) is 2.78. The van der Waals surface area contributed by atoms with Crippen molar-refractivity contribution in [2.24, 2.45) is 5.92 Å². The van der Waals surface area contributed by atoms with Crippen LogP contribution in [0.3, 0.4) is 0 Å². The normalized spacial score (nSPS) is 17.8. The summed E-state index contributed by atoms with van der Waals surface area (Å²) in [7, 11) is 0. The standard InChI is InChI=1S/C15H19N3O2/c1-10-7-13(11(2)20-10)15(19)17-9-12-3-5-18-6-4-16-14(18)8-12/h4,6-7,12H,3,5,8-9H2,1-2H3,(H,17,19). The molecule has 1 aliphatic rings. The quantitative estimate of drug-likeness (QED) is 0.931. The number of furan rings is 1. The van der Waals surface area contributed by atoms with Gasteiger partial charge in [-0.25, -0.2) is 4.98 Å². The van der Waals surface area contributed by atoms with Gasteiger partial charge in [-0.05, 0) is 32.3 Å². The fourth-order valence-electron chi connectivity index (χ4n) is 2.78. The van der Waals surface area contributed by atoms with E-state index in [9.17, 15) is 4.79 Å². The molecule has 0 fully saturated rings. The molecule has 0 aliphatic carbocycles. The van der Waals surface area contributed by atoms with E-state index >= 15 is 0 Å². The van der Waals surface area contributed by atoms with Crippen molar-refractivity contribution in [3.05, 3.63) is 41.4 Å². The third kappa shape index (κ3) is 2.48. The lowest BCUT2D eigenvalue weighted by atomic mass is 9.97. The molecule has 0 saturated heterocycles. The van der Waals surface area contributed by atoms with Gasteiger partial charge in [0.2, 0.25) is 0 Å². The number of carbonyl (C=O) groups excluding carboxylic acids is 1. The topological polar surface area (TPSA) is 60.1 Å². The van der Waals surface area contributed by atoms with E-state index in [1.54, 1.807) is 6.07 Å². The van der Waals surface area contributed by atoms with Gasteiger partial charge in [-0.2, -0.15) is 0 Å². The van der Waals surface area contributed by atoms with Crippen LogP contribution in [0.25, 0.3) is 0 Å². The number of imidazole rings is 1. The van der Waals surface area contributed by atoms with Crippen LogP contribution in [0.4, 0.5) is 0 Å². The van der Waals surface area contributed by atoms with Gasteiger partial charge in [0.15, 0.2) is 0 Å². The number of nitrogens with zero attached hydrogens (tertiary/aromatic N) is 2. The average molecular weight is 273 g/mol. The van der Waals surface area contributed by atoms with Gasteiger partial charge in [-0.1, -0.05) is 0 Å².